The Kier molecular flexibility index (Phi) is 10.8. The molecule has 8 heteroatoms. The molecule has 3 rings (SSSR count). The minimum atomic E-state index is -0.0465. The first-order chi connectivity index (χ1) is 17.0. The molecule has 0 bridgehead atoms. The quantitative estimate of drug-likeness (QED) is 0.253. The molecule has 0 radical (unpaired) electrons. The monoisotopic (exact) mass is 479 g/mol. The van der Waals surface area contributed by atoms with Crippen LogP contribution in [0.25, 0.3) is 0 Å². The van der Waals surface area contributed by atoms with Gasteiger partial charge in [-0.1, -0.05) is 43.5 Å². The van der Waals surface area contributed by atoms with Gasteiger partial charge in [0, 0.05) is 30.0 Å². The number of amides is 1. The van der Waals surface area contributed by atoms with Crippen LogP contribution in [0.5, 0.6) is 0 Å². The van der Waals surface area contributed by atoms with Crippen molar-refractivity contribution in [2.24, 2.45) is 0 Å². The number of aryl methyl sites for hydroxylation is 3. The number of anilines is 1. The molecule has 0 aliphatic carbocycles. The number of imidazole rings is 1. The predicted octanol–water partition coefficient (Wildman–Crippen LogP) is 4.94. The molecule has 0 fully saturated rings. The summed E-state index contributed by atoms with van der Waals surface area (Å²) in [6, 6.07) is 8.32. The lowest BCUT2D eigenvalue weighted by atomic mass is 10.1. The average Bonchev–Trinajstić information content (AvgIpc) is 3.48. The van der Waals surface area contributed by atoms with E-state index in [2.05, 4.69) is 63.8 Å². The van der Waals surface area contributed by atoms with E-state index >= 15 is 0 Å². The van der Waals surface area contributed by atoms with Gasteiger partial charge in [0.2, 0.25) is 0 Å². The number of hydrogen-bond acceptors (Lipinski definition) is 5. The van der Waals surface area contributed by atoms with E-state index < -0.39 is 0 Å². The number of aromatic amines is 1. The van der Waals surface area contributed by atoms with Crippen LogP contribution in [-0.2, 0) is 25.8 Å². The predicted molar refractivity (Wildman–Crippen MR) is 141 cm³/mol. The smallest absolute Gasteiger partial charge is 0.251 e. The van der Waals surface area contributed by atoms with Crippen molar-refractivity contribution in [2.45, 2.75) is 91.1 Å². The number of aromatic nitrogens is 5. The van der Waals surface area contributed by atoms with Crippen molar-refractivity contribution in [3.05, 3.63) is 59.2 Å². The van der Waals surface area contributed by atoms with E-state index in [9.17, 15) is 4.79 Å². The summed E-state index contributed by atoms with van der Waals surface area (Å²) in [5, 5.41) is 14.7. The minimum Gasteiger partial charge on any atom is -0.354 e. The van der Waals surface area contributed by atoms with E-state index in [0.717, 1.165) is 50.2 Å². The number of unbranched alkanes of at least 4 members (excludes halogenated alkanes) is 4. The molecule has 0 aliphatic heterocycles. The first kappa shape index (κ1) is 26.4. The third-order valence-electron chi connectivity index (χ3n) is 5.93. The maximum atomic E-state index is 12.4. The number of hydrogen-bond donors (Lipinski definition) is 3. The second-order valence-electron chi connectivity index (χ2n) is 9.50. The summed E-state index contributed by atoms with van der Waals surface area (Å²) in [5.41, 5.74) is 4.16. The van der Waals surface area contributed by atoms with Crippen LogP contribution in [0, 0.1) is 0 Å². The number of rotatable bonds is 16. The second kappa shape index (κ2) is 14.3. The molecule has 0 atom stereocenters. The fourth-order valence-electron chi connectivity index (χ4n) is 3.98. The van der Waals surface area contributed by atoms with Crippen LogP contribution in [0.4, 0.5) is 5.95 Å². The highest BCUT2D eigenvalue weighted by Gasteiger charge is 2.07. The Morgan fingerprint density at radius 3 is 2.57 bits per heavy atom. The van der Waals surface area contributed by atoms with Gasteiger partial charge in [-0.15, -0.1) is 5.10 Å². The van der Waals surface area contributed by atoms with Crippen molar-refractivity contribution in [1.29, 1.82) is 0 Å². The number of nitrogens with one attached hydrogen (secondary N) is 3. The van der Waals surface area contributed by atoms with Crippen molar-refractivity contribution >= 4 is 11.9 Å². The van der Waals surface area contributed by atoms with Gasteiger partial charge in [-0.2, -0.15) is 0 Å². The summed E-state index contributed by atoms with van der Waals surface area (Å²) in [4.78, 5) is 20.1. The van der Waals surface area contributed by atoms with Crippen molar-refractivity contribution in [3.63, 3.8) is 0 Å². The zero-order chi connectivity index (χ0) is 24.9. The molecule has 190 valence electrons. The summed E-state index contributed by atoms with van der Waals surface area (Å²) in [5.74, 6) is 0.799. The number of H-pyrrole nitrogens is 1. The highest BCUT2D eigenvalue weighted by atomic mass is 16.1. The summed E-state index contributed by atoms with van der Waals surface area (Å²) in [7, 11) is 0. The average molecular weight is 480 g/mol. The highest BCUT2D eigenvalue weighted by molar-refractivity contribution is 5.94. The van der Waals surface area contributed by atoms with E-state index in [0.29, 0.717) is 24.7 Å². The van der Waals surface area contributed by atoms with Crippen LogP contribution in [-0.4, -0.2) is 43.5 Å². The molecule has 0 saturated heterocycles. The molecule has 0 saturated carbocycles. The number of nitrogens with zero attached hydrogens (tertiary/aromatic N) is 4. The number of benzene rings is 1. The summed E-state index contributed by atoms with van der Waals surface area (Å²) < 4.78 is 1.81. The molecule has 0 aliphatic rings. The molecule has 3 N–H and O–H groups in total. The summed E-state index contributed by atoms with van der Waals surface area (Å²) >= 11 is 0. The minimum absolute atomic E-state index is 0.0465. The largest absolute Gasteiger partial charge is 0.354 e. The Morgan fingerprint density at radius 1 is 1.03 bits per heavy atom. The van der Waals surface area contributed by atoms with Gasteiger partial charge < -0.3 is 15.6 Å². The van der Waals surface area contributed by atoms with E-state index in [1.807, 2.05) is 24.5 Å². The lowest BCUT2D eigenvalue weighted by molar-refractivity contribution is 0.0952. The zero-order valence-corrected chi connectivity index (χ0v) is 21.5. The van der Waals surface area contributed by atoms with Crippen LogP contribution >= 0.6 is 0 Å². The first-order valence-electron chi connectivity index (χ1n) is 13.1. The van der Waals surface area contributed by atoms with Crippen LogP contribution in [0.3, 0.4) is 0 Å². The molecular weight excluding hydrogens is 438 g/mol. The van der Waals surface area contributed by atoms with Crippen molar-refractivity contribution < 1.29 is 4.79 Å². The maximum Gasteiger partial charge on any atom is 0.251 e. The van der Waals surface area contributed by atoms with Gasteiger partial charge in [0.1, 0.15) is 0 Å². The zero-order valence-electron chi connectivity index (χ0n) is 21.5. The lowest BCUT2D eigenvalue weighted by Crippen LogP contribution is -2.27. The van der Waals surface area contributed by atoms with Gasteiger partial charge >= 0.3 is 0 Å². The van der Waals surface area contributed by atoms with Crippen LogP contribution < -0.4 is 10.6 Å². The second-order valence-corrected chi connectivity index (χ2v) is 9.50. The molecule has 2 heterocycles. The molecule has 0 spiro atoms. The van der Waals surface area contributed by atoms with E-state index in [1.165, 1.54) is 30.5 Å². The fraction of sp³-hybridized carbons (Fsp3) is 0.556. The topological polar surface area (TPSA) is 101 Å². The molecule has 0 unspecified atom stereocenters. The lowest BCUT2D eigenvalue weighted by Gasteiger charge is -2.06. The Morgan fingerprint density at radius 2 is 1.80 bits per heavy atom. The first-order valence-corrected chi connectivity index (χ1v) is 13.1. The van der Waals surface area contributed by atoms with E-state index in [1.54, 1.807) is 4.68 Å². The highest BCUT2D eigenvalue weighted by Crippen LogP contribution is 2.11. The van der Waals surface area contributed by atoms with Crippen LogP contribution in [0.1, 0.15) is 86.6 Å². The van der Waals surface area contributed by atoms with Gasteiger partial charge in [0.15, 0.2) is 5.95 Å². The normalized spacial score (nSPS) is 11.2. The van der Waals surface area contributed by atoms with Gasteiger partial charge in [-0.05, 0) is 70.1 Å². The van der Waals surface area contributed by atoms with Gasteiger partial charge in [-0.3, -0.25) is 9.48 Å². The maximum absolute atomic E-state index is 12.4. The Bertz CT molecular complexity index is 1010. The SMILES string of the molecule is CCCCCc1ccc(C(=O)NCCn2cc(CCCCCc3cnc(NC(C)C)[nH]3)nn2)cc1. The van der Waals surface area contributed by atoms with Gasteiger partial charge in [0.25, 0.3) is 5.91 Å². The molecule has 2 aromatic heterocycles. The van der Waals surface area contributed by atoms with Gasteiger partial charge in [0.05, 0.1) is 18.4 Å². The summed E-state index contributed by atoms with van der Waals surface area (Å²) in [6.45, 7) is 7.55. The molecule has 35 heavy (non-hydrogen) atoms. The Labute approximate surface area is 209 Å². The van der Waals surface area contributed by atoms with Gasteiger partial charge in [-0.25, -0.2) is 4.98 Å². The third kappa shape index (κ3) is 9.54. The molecule has 1 aromatic carbocycles. The Balaban J connectivity index is 1.28. The molecule has 1 amide bonds. The van der Waals surface area contributed by atoms with Crippen molar-refractivity contribution in [1.82, 2.24) is 30.3 Å². The van der Waals surface area contributed by atoms with Crippen molar-refractivity contribution in [3.8, 4) is 0 Å². The molecular formula is C27H41N7O. The van der Waals surface area contributed by atoms with E-state index in [4.69, 9.17) is 0 Å². The Hall–Kier alpha value is -3.16. The third-order valence-corrected chi connectivity index (χ3v) is 5.93. The van der Waals surface area contributed by atoms with Crippen LogP contribution in [0.15, 0.2) is 36.7 Å². The molecule has 3 aromatic rings. The van der Waals surface area contributed by atoms with Crippen molar-refractivity contribution in [2.75, 3.05) is 11.9 Å². The van der Waals surface area contributed by atoms with Crippen LogP contribution in [0.2, 0.25) is 0 Å². The number of carbonyl (C=O) groups is 1. The van der Waals surface area contributed by atoms with E-state index in [-0.39, 0.29) is 5.91 Å². The summed E-state index contributed by atoms with van der Waals surface area (Å²) in [6.07, 6.45) is 13.9. The standard InChI is InChI=1S/C27H41N7O/c1-4-5-7-10-22-13-15-23(16-14-22)26(35)28-17-18-34-20-25(32-33-34)12-9-6-8-11-24-19-29-27(31-24)30-21(2)3/h13-16,19-21H,4-12,17-18H2,1-3H3,(H,28,35)(H2,29,30,31). The number of carbonyl (C=O) groups excluding carboxylic acids is 1. The molecule has 8 nitrogen and oxygen atoms in total. The fourth-order valence-corrected chi connectivity index (χ4v) is 3.98.